The summed E-state index contributed by atoms with van der Waals surface area (Å²) in [4.78, 5) is 23.6. The molecule has 0 aliphatic heterocycles. The molecule has 2 aromatic rings. The van der Waals surface area contributed by atoms with Crippen LogP contribution in [-0.4, -0.2) is 37.3 Å². The number of amides is 1. The lowest BCUT2D eigenvalue weighted by molar-refractivity contribution is -0.121. The first-order chi connectivity index (χ1) is 11.6. The highest BCUT2D eigenvalue weighted by Crippen LogP contribution is 2.23. The highest BCUT2D eigenvalue weighted by molar-refractivity contribution is 5.85. The number of benzene rings is 1. The molecule has 0 aliphatic carbocycles. The molecule has 0 saturated heterocycles. The fourth-order valence-corrected chi connectivity index (χ4v) is 2.45. The third-order valence-corrected chi connectivity index (χ3v) is 3.77. The maximum atomic E-state index is 12.0. The molecule has 1 N–H and O–H groups in total. The molecule has 130 valence electrons. The smallest absolute Gasteiger partial charge is 0.254 e. The lowest BCUT2D eigenvalue weighted by Crippen LogP contribution is -2.25. The van der Waals surface area contributed by atoms with E-state index in [1.807, 2.05) is 24.3 Å². The van der Waals surface area contributed by atoms with Crippen molar-refractivity contribution in [1.82, 2.24) is 9.88 Å². The van der Waals surface area contributed by atoms with Gasteiger partial charge in [0.1, 0.15) is 5.75 Å². The average molecular weight is 332 g/mol. The summed E-state index contributed by atoms with van der Waals surface area (Å²) in [6.07, 6.45) is 1.80. The second-order valence-corrected chi connectivity index (χ2v) is 5.57. The minimum Gasteiger partial charge on any atom is -0.493 e. The Labute approximate surface area is 141 Å². The molecule has 0 unspecified atom stereocenters. The number of hydrogen-bond acceptors (Lipinski definition) is 4. The Morgan fingerprint density at radius 1 is 1.21 bits per heavy atom. The van der Waals surface area contributed by atoms with Crippen LogP contribution in [0.2, 0.25) is 0 Å². The SMILES string of the molecule is COCCCNC(=O)CCCOc1cc(=O)n(C)c2ccccc12. The number of ether oxygens (including phenoxy) is 2. The molecule has 0 fully saturated rings. The number of carbonyl (C=O) groups is 1. The summed E-state index contributed by atoms with van der Waals surface area (Å²) in [7, 11) is 3.38. The summed E-state index contributed by atoms with van der Waals surface area (Å²) < 4.78 is 12.3. The minimum atomic E-state index is -0.111. The molecular weight excluding hydrogens is 308 g/mol. The van der Waals surface area contributed by atoms with Crippen molar-refractivity contribution in [2.45, 2.75) is 19.3 Å². The molecule has 0 atom stereocenters. The summed E-state index contributed by atoms with van der Waals surface area (Å²) in [5.74, 6) is 0.567. The van der Waals surface area contributed by atoms with Crippen molar-refractivity contribution in [3.8, 4) is 5.75 Å². The Bertz CT molecular complexity index is 739. The molecule has 6 nitrogen and oxygen atoms in total. The monoisotopic (exact) mass is 332 g/mol. The van der Waals surface area contributed by atoms with Crippen molar-refractivity contribution in [3.05, 3.63) is 40.7 Å². The van der Waals surface area contributed by atoms with E-state index in [0.29, 0.717) is 38.3 Å². The predicted octanol–water partition coefficient (Wildman–Crippen LogP) is 1.85. The first kappa shape index (κ1) is 18.0. The van der Waals surface area contributed by atoms with E-state index in [9.17, 15) is 9.59 Å². The van der Waals surface area contributed by atoms with Crippen LogP contribution in [-0.2, 0) is 16.6 Å². The Hall–Kier alpha value is -2.34. The fourth-order valence-electron chi connectivity index (χ4n) is 2.45. The van der Waals surface area contributed by atoms with Gasteiger partial charge in [-0.05, 0) is 25.0 Å². The molecule has 0 spiro atoms. The lowest BCUT2D eigenvalue weighted by atomic mass is 10.2. The van der Waals surface area contributed by atoms with Gasteiger partial charge in [-0.25, -0.2) is 0 Å². The molecular formula is C18H24N2O4. The van der Waals surface area contributed by atoms with Crippen molar-refractivity contribution in [2.24, 2.45) is 7.05 Å². The highest BCUT2D eigenvalue weighted by atomic mass is 16.5. The van der Waals surface area contributed by atoms with Crippen LogP contribution in [0.3, 0.4) is 0 Å². The number of hydrogen-bond donors (Lipinski definition) is 1. The number of fused-ring (bicyclic) bond motifs is 1. The molecule has 1 amide bonds. The molecule has 1 heterocycles. The Morgan fingerprint density at radius 2 is 2.00 bits per heavy atom. The number of para-hydroxylation sites is 1. The summed E-state index contributed by atoms with van der Waals surface area (Å²) in [6, 6.07) is 9.10. The molecule has 24 heavy (non-hydrogen) atoms. The van der Waals surface area contributed by atoms with Gasteiger partial charge in [0.25, 0.3) is 5.56 Å². The van der Waals surface area contributed by atoms with Gasteiger partial charge in [-0.15, -0.1) is 0 Å². The highest BCUT2D eigenvalue weighted by Gasteiger charge is 2.07. The second kappa shape index (κ2) is 9.08. The lowest BCUT2D eigenvalue weighted by Gasteiger charge is -2.11. The van der Waals surface area contributed by atoms with E-state index in [0.717, 1.165) is 17.3 Å². The van der Waals surface area contributed by atoms with Gasteiger partial charge in [-0.1, -0.05) is 12.1 Å². The Balaban J connectivity index is 1.85. The average Bonchev–Trinajstić information content (AvgIpc) is 2.59. The van der Waals surface area contributed by atoms with E-state index in [-0.39, 0.29) is 11.5 Å². The zero-order chi connectivity index (χ0) is 17.4. The first-order valence-electron chi connectivity index (χ1n) is 8.10. The van der Waals surface area contributed by atoms with Gasteiger partial charge in [0.05, 0.1) is 12.1 Å². The van der Waals surface area contributed by atoms with Crippen LogP contribution in [0.4, 0.5) is 0 Å². The van der Waals surface area contributed by atoms with Crippen molar-refractivity contribution >= 4 is 16.8 Å². The topological polar surface area (TPSA) is 69.6 Å². The summed E-state index contributed by atoms with van der Waals surface area (Å²) in [5.41, 5.74) is 0.718. The van der Waals surface area contributed by atoms with Crippen molar-refractivity contribution in [2.75, 3.05) is 26.9 Å². The first-order valence-corrected chi connectivity index (χ1v) is 8.10. The molecule has 6 heteroatoms. The van der Waals surface area contributed by atoms with Crippen LogP contribution in [0.5, 0.6) is 5.75 Å². The van der Waals surface area contributed by atoms with Crippen molar-refractivity contribution in [1.29, 1.82) is 0 Å². The summed E-state index contributed by atoms with van der Waals surface area (Å²) >= 11 is 0. The predicted molar refractivity (Wildman–Crippen MR) is 93.4 cm³/mol. The molecule has 2 rings (SSSR count). The number of methoxy groups -OCH3 is 1. The standard InChI is InChI=1S/C18H24N2O4/c1-20-15-8-4-3-7-14(15)16(13-18(20)22)24-12-5-9-17(21)19-10-6-11-23-2/h3-4,7-8,13H,5-6,9-12H2,1-2H3,(H,19,21). The van der Waals surface area contributed by atoms with Crippen LogP contribution < -0.4 is 15.6 Å². The second-order valence-electron chi connectivity index (χ2n) is 5.57. The third-order valence-electron chi connectivity index (χ3n) is 3.77. The van der Waals surface area contributed by atoms with Gasteiger partial charge in [0, 0.05) is 45.2 Å². The zero-order valence-electron chi connectivity index (χ0n) is 14.2. The molecule has 1 aromatic heterocycles. The van der Waals surface area contributed by atoms with E-state index in [1.165, 1.54) is 6.07 Å². The summed E-state index contributed by atoms with van der Waals surface area (Å²) in [6.45, 7) is 1.65. The number of rotatable bonds is 9. The molecule has 0 saturated carbocycles. The van der Waals surface area contributed by atoms with Gasteiger partial charge in [0.2, 0.25) is 5.91 Å². The fraction of sp³-hybridized carbons (Fsp3) is 0.444. The minimum absolute atomic E-state index is 0.00327. The largest absolute Gasteiger partial charge is 0.493 e. The van der Waals surface area contributed by atoms with Gasteiger partial charge in [0.15, 0.2) is 0 Å². The number of nitrogens with one attached hydrogen (secondary N) is 1. The number of nitrogens with zero attached hydrogens (tertiary/aromatic N) is 1. The number of carbonyl (C=O) groups excluding carboxylic acids is 1. The number of aryl methyl sites for hydroxylation is 1. The molecule has 0 bridgehead atoms. The van der Waals surface area contributed by atoms with Gasteiger partial charge < -0.3 is 19.4 Å². The van der Waals surface area contributed by atoms with Gasteiger partial charge in [-0.2, -0.15) is 0 Å². The van der Waals surface area contributed by atoms with E-state index in [4.69, 9.17) is 9.47 Å². The quantitative estimate of drug-likeness (QED) is 0.712. The van der Waals surface area contributed by atoms with Crippen LogP contribution in [0.25, 0.3) is 10.9 Å². The molecule has 0 aliphatic rings. The van der Waals surface area contributed by atoms with Crippen LogP contribution in [0.1, 0.15) is 19.3 Å². The van der Waals surface area contributed by atoms with E-state index in [1.54, 1.807) is 18.7 Å². The third kappa shape index (κ3) is 4.83. The Morgan fingerprint density at radius 3 is 2.79 bits per heavy atom. The van der Waals surface area contributed by atoms with Crippen LogP contribution in [0, 0.1) is 0 Å². The number of aromatic nitrogens is 1. The number of pyridine rings is 1. The van der Waals surface area contributed by atoms with Crippen LogP contribution in [0.15, 0.2) is 35.1 Å². The van der Waals surface area contributed by atoms with E-state index >= 15 is 0 Å². The molecule has 0 radical (unpaired) electrons. The maximum Gasteiger partial charge on any atom is 0.254 e. The zero-order valence-corrected chi connectivity index (χ0v) is 14.2. The maximum absolute atomic E-state index is 12.0. The van der Waals surface area contributed by atoms with Gasteiger partial charge >= 0.3 is 0 Å². The van der Waals surface area contributed by atoms with Crippen LogP contribution >= 0.6 is 0 Å². The normalized spacial score (nSPS) is 10.8. The van der Waals surface area contributed by atoms with E-state index < -0.39 is 0 Å². The van der Waals surface area contributed by atoms with Gasteiger partial charge in [-0.3, -0.25) is 9.59 Å². The Kier molecular flexibility index (Phi) is 6.81. The molecule has 1 aromatic carbocycles. The van der Waals surface area contributed by atoms with E-state index in [2.05, 4.69) is 5.32 Å². The van der Waals surface area contributed by atoms with Crippen molar-refractivity contribution in [3.63, 3.8) is 0 Å². The summed E-state index contributed by atoms with van der Waals surface area (Å²) in [5, 5.41) is 3.73. The van der Waals surface area contributed by atoms with Crippen molar-refractivity contribution < 1.29 is 14.3 Å².